The van der Waals surface area contributed by atoms with Crippen molar-refractivity contribution in [2.45, 2.75) is 78.5 Å². The molecular weight excluding hydrogens is 658 g/mol. The summed E-state index contributed by atoms with van der Waals surface area (Å²) in [4.78, 5) is 22.7. The van der Waals surface area contributed by atoms with Crippen LogP contribution in [0.1, 0.15) is 64.7 Å². The summed E-state index contributed by atoms with van der Waals surface area (Å²) in [7, 11) is 9.42. The maximum Gasteiger partial charge on any atom is 0.315 e. The van der Waals surface area contributed by atoms with Crippen LogP contribution in [0.2, 0.25) is 0 Å². The van der Waals surface area contributed by atoms with E-state index in [4.69, 9.17) is 37.9 Å². The van der Waals surface area contributed by atoms with Gasteiger partial charge in [-0.2, -0.15) is 0 Å². The highest BCUT2D eigenvalue weighted by atomic mass is 16.6. The molecule has 0 saturated carbocycles. The molecule has 0 fully saturated rings. The van der Waals surface area contributed by atoms with Crippen molar-refractivity contribution in [3.8, 4) is 17.2 Å². The fourth-order valence-corrected chi connectivity index (χ4v) is 6.43. The second kappa shape index (κ2) is 22.2. The summed E-state index contributed by atoms with van der Waals surface area (Å²) in [5, 5.41) is 11.9. The number of ether oxygens (including phenoxy) is 8. The van der Waals surface area contributed by atoms with Gasteiger partial charge in [-0.1, -0.05) is 51.1 Å². The van der Waals surface area contributed by atoms with E-state index in [2.05, 4.69) is 39.0 Å². The Morgan fingerprint density at radius 2 is 1.57 bits per heavy atom. The maximum atomic E-state index is 11.9. The summed E-state index contributed by atoms with van der Waals surface area (Å²) in [6.07, 6.45) is 6.22. The molecule has 0 aliphatic carbocycles. The Balaban J connectivity index is 2.35. The molecule has 2 aromatic carbocycles. The van der Waals surface area contributed by atoms with Crippen molar-refractivity contribution in [2.75, 3.05) is 49.3 Å². The van der Waals surface area contributed by atoms with E-state index < -0.39 is 11.0 Å². The van der Waals surface area contributed by atoms with E-state index in [1.807, 2.05) is 19.1 Å². The van der Waals surface area contributed by atoms with E-state index in [0.717, 1.165) is 17.6 Å². The molecule has 284 valence electrons. The molecule has 51 heavy (non-hydrogen) atoms. The highest BCUT2D eigenvalue weighted by molar-refractivity contribution is 5.69. The first-order valence-electron chi connectivity index (χ1n) is 17.1. The van der Waals surface area contributed by atoms with Gasteiger partial charge in [-0.25, -0.2) is 0 Å². The van der Waals surface area contributed by atoms with E-state index in [-0.39, 0.29) is 53.5 Å². The van der Waals surface area contributed by atoms with Crippen LogP contribution in [0, 0.1) is 27.9 Å². The molecule has 0 radical (unpaired) electrons. The van der Waals surface area contributed by atoms with Crippen molar-refractivity contribution in [3.05, 3.63) is 81.4 Å². The monoisotopic (exact) mass is 715 g/mol. The summed E-state index contributed by atoms with van der Waals surface area (Å²) in [5.74, 6) is 0.364. The Morgan fingerprint density at radius 3 is 2.10 bits per heavy atom. The number of carbonyl (C=O) groups excluding carboxylic acids is 1. The van der Waals surface area contributed by atoms with Crippen LogP contribution in [0.3, 0.4) is 0 Å². The summed E-state index contributed by atoms with van der Waals surface area (Å²) >= 11 is 0. The fourth-order valence-electron chi connectivity index (χ4n) is 6.43. The fraction of sp³-hybridized carbons (Fsp3) is 0.564. The van der Waals surface area contributed by atoms with E-state index in [1.54, 1.807) is 46.6 Å². The van der Waals surface area contributed by atoms with Crippen molar-refractivity contribution in [1.29, 1.82) is 0 Å². The number of methoxy groups -OCH3 is 6. The summed E-state index contributed by atoms with van der Waals surface area (Å²) in [6.45, 7) is 10.6. The van der Waals surface area contributed by atoms with Crippen LogP contribution in [0.5, 0.6) is 17.2 Å². The molecule has 12 nitrogen and oxygen atoms in total. The Bertz CT molecular complexity index is 1420. The lowest BCUT2D eigenvalue weighted by molar-refractivity contribution is -0.385. The second-order valence-electron chi connectivity index (χ2n) is 12.7. The van der Waals surface area contributed by atoms with Gasteiger partial charge in [0.25, 0.3) is 0 Å². The van der Waals surface area contributed by atoms with Crippen LogP contribution in [-0.4, -0.2) is 78.5 Å². The highest BCUT2D eigenvalue weighted by Crippen LogP contribution is 2.43. The predicted molar refractivity (Wildman–Crippen MR) is 195 cm³/mol. The number of nitro groups is 1. The van der Waals surface area contributed by atoms with Crippen LogP contribution in [0.25, 0.3) is 0 Å². The molecule has 0 aliphatic heterocycles. The molecule has 0 saturated heterocycles. The van der Waals surface area contributed by atoms with Crippen LogP contribution in [0.4, 0.5) is 5.69 Å². The molecule has 0 bridgehead atoms. The van der Waals surface area contributed by atoms with Gasteiger partial charge in [0.1, 0.15) is 11.5 Å². The quantitative estimate of drug-likeness (QED) is 0.0280. The minimum atomic E-state index is -0.567. The molecule has 0 amide bonds. The Kier molecular flexibility index (Phi) is 18.9. The molecule has 0 aromatic heterocycles. The standard InChI is InChI=1S/C39H57NO11/c1-25(14-12-13-19-44-6)36(50-24-30-15-17-31(18-16-30)51-29(5)41)26(2)20-27(3)38(48-10)35(46-8)21-28(4)37(47-9)33-22-32(45-7)23-34(40(42)43)39(33)49-11/h12,14-18,20,22-23,25,27-28,35-38H,13,19,21,24H2,1-11H3/b14-12+,26-20+/t25-,27-,28-,35-,36+,37+,38+/m0/s1. The van der Waals surface area contributed by atoms with Gasteiger partial charge in [0.15, 0.2) is 0 Å². The van der Waals surface area contributed by atoms with Crippen LogP contribution in [-0.2, 0) is 35.1 Å². The lowest BCUT2D eigenvalue weighted by Gasteiger charge is -2.33. The Morgan fingerprint density at radius 1 is 0.882 bits per heavy atom. The zero-order valence-corrected chi connectivity index (χ0v) is 32.0. The van der Waals surface area contributed by atoms with Crippen molar-refractivity contribution in [3.63, 3.8) is 0 Å². The number of hydrogen-bond donors (Lipinski definition) is 0. The zero-order chi connectivity index (χ0) is 38.1. The number of esters is 1. The average Bonchev–Trinajstić information content (AvgIpc) is 3.10. The first-order valence-corrected chi connectivity index (χ1v) is 17.1. The van der Waals surface area contributed by atoms with Gasteiger partial charge in [0.05, 0.1) is 56.2 Å². The van der Waals surface area contributed by atoms with Crippen molar-refractivity contribution < 1.29 is 47.6 Å². The molecule has 0 heterocycles. The zero-order valence-electron chi connectivity index (χ0n) is 32.0. The first-order chi connectivity index (χ1) is 24.3. The van der Waals surface area contributed by atoms with Gasteiger partial charge in [0.2, 0.25) is 5.75 Å². The smallest absolute Gasteiger partial charge is 0.315 e. The summed E-state index contributed by atoms with van der Waals surface area (Å²) in [6, 6.07) is 10.3. The molecule has 0 unspecified atom stereocenters. The number of carbonyl (C=O) groups is 1. The number of benzene rings is 2. The lowest BCUT2D eigenvalue weighted by atomic mass is 9.86. The normalized spacial score (nSPS) is 16.2. The van der Waals surface area contributed by atoms with E-state index in [9.17, 15) is 14.9 Å². The number of rotatable bonds is 23. The van der Waals surface area contributed by atoms with Gasteiger partial charge >= 0.3 is 11.7 Å². The van der Waals surface area contributed by atoms with Gasteiger partial charge in [-0.3, -0.25) is 14.9 Å². The highest BCUT2D eigenvalue weighted by Gasteiger charge is 2.34. The lowest BCUT2D eigenvalue weighted by Crippen LogP contribution is -2.37. The van der Waals surface area contributed by atoms with Crippen LogP contribution < -0.4 is 14.2 Å². The second-order valence-corrected chi connectivity index (χ2v) is 12.7. The largest absolute Gasteiger partial charge is 0.496 e. The molecule has 7 atom stereocenters. The van der Waals surface area contributed by atoms with Crippen molar-refractivity contribution in [2.24, 2.45) is 17.8 Å². The van der Waals surface area contributed by atoms with Crippen LogP contribution in [0.15, 0.2) is 60.2 Å². The Labute approximate surface area is 303 Å². The molecule has 0 aliphatic rings. The first kappa shape index (κ1) is 43.4. The SMILES string of the molecule is COCC/C=C/[C@H](C)[C@@H](OCc1ccc(OC(C)=O)cc1)/C(C)=C/[C@H](C)[C@@H](OC)[C@H](C[C@H](C)[C@@H](OC)c1cc(OC)cc([N+](=O)[O-])c1OC)OC. The molecule has 2 rings (SSSR count). The Hall–Kier alpha value is -3.81. The van der Waals surface area contributed by atoms with Gasteiger partial charge in [-0.15, -0.1) is 0 Å². The number of hydrogen-bond acceptors (Lipinski definition) is 11. The third kappa shape index (κ3) is 13.0. The van der Waals surface area contributed by atoms with Gasteiger partial charge in [0, 0.05) is 59.4 Å². The van der Waals surface area contributed by atoms with Crippen molar-refractivity contribution >= 4 is 11.7 Å². The summed E-state index contributed by atoms with van der Waals surface area (Å²) in [5.41, 5.74) is 2.30. The molecule has 12 heteroatoms. The molecule has 0 N–H and O–H groups in total. The topological polar surface area (TPSA) is 134 Å². The van der Waals surface area contributed by atoms with E-state index in [1.165, 1.54) is 27.2 Å². The maximum absolute atomic E-state index is 11.9. The van der Waals surface area contributed by atoms with E-state index in [0.29, 0.717) is 36.7 Å². The molecule has 2 aromatic rings. The van der Waals surface area contributed by atoms with E-state index >= 15 is 0 Å². The molecular formula is C39H57NO11. The van der Waals surface area contributed by atoms with Crippen LogP contribution >= 0.6 is 0 Å². The minimum Gasteiger partial charge on any atom is -0.496 e. The summed E-state index contributed by atoms with van der Waals surface area (Å²) < 4.78 is 45.8. The van der Waals surface area contributed by atoms with Crippen molar-refractivity contribution in [1.82, 2.24) is 0 Å². The third-order valence-corrected chi connectivity index (χ3v) is 8.84. The predicted octanol–water partition coefficient (Wildman–Crippen LogP) is 7.68. The third-order valence-electron chi connectivity index (χ3n) is 8.84. The number of nitrogens with zero attached hydrogens (tertiary/aromatic N) is 1. The van der Waals surface area contributed by atoms with Gasteiger partial charge in [-0.05, 0) is 55.0 Å². The van der Waals surface area contributed by atoms with Gasteiger partial charge < -0.3 is 37.9 Å². The average molecular weight is 716 g/mol. The number of nitro benzene ring substituents is 1. The molecule has 0 spiro atoms. The minimum absolute atomic E-state index is 0.0502.